The van der Waals surface area contributed by atoms with Gasteiger partial charge in [-0.1, -0.05) is 0 Å². The van der Waals surface area contributed by atoms with Crippen LogP contribution in [0, 0.1) is 0 Å². The summed E-state index contributed by atoms with van der Waals surface area (Å²) in [7, 11) is -0.0103. The lowest BCUT2D eigenvalue weighted by Crippen LogP contribution is -3.00. The molecule has 0 nitrogen and oxygen atoms in total. The van der Waals surface area contributed by atoms with E-state index in [0.717, 1.165) is 11.3 Å². The van der Waals surface area contributed by atoms with E-state index in [1.165, 1.54) is 0 Å². The largest absolute Gasteiger partial charge is 1.00 e. The molecular formula is C9H24Br2P2. The third-order valence-corrected chi connectivity index (χ3v) is 10.9. The van der Waals surface area contributed by atoms with Crippen molar-refractivity contribution >= 4 is 15.8 Å². The average Bonchev–Trinajstić information content (AvgIpc) is 1.87. The zero-order chi connectivity index (χ0) is 9.02. The molecule has 0 aliphatic rings. The summed E-state index contributed by atoms with van der Waals surface area (Å²) < 4.78 is 0. The number of hydrogen-bond acceptors (Lipinski definition) is 0. The zero-order valence-corrected chi connectivity index (χ0v) is 14.8. The fourth-order valence-electron chi connectivity index (χ4n) is 0.848. The highest BCUT2D eigenvalue weighted by molar-refractivity contribution is 7.74. The SMILES string of the molecule is CC(C)[PH+](C)C[PH+](C)C(C)C.[Br-].[Br-]. The van der Waals surface area contributed by atoms with Crippen LogP contribution < -0.4 is 34.0 Å². The van der Waals surface area contributed by atoms with Gasteiger partial charge in [-0.3, -0.25) is 0 Å². The first-order valence-electron chi connectivity index (χ1n) is 4.59. The third kappa shape index (κ3) is 10.1. The molecule has 0 fully saturated rings. The van der Waals surface area contributed by atoms with Crippen LogP contribution in [0.4, 0.5) is 0 Å². The molecule has 0 saturated heterocycles. The second-order valence-corrected chi connectivity index (χ2v) is 11.3. The fourth-order valence-corrected chi connectivity index (χ4v) is 7.63. The maximum Gasteiger partial charge on any atom is 0.155 e. The van der Waals surface area contributed by atoms with Gasteiger partial charge < -0.3 is 34.0 Å². The van der Waals surface area contributed by atoms with Crippen molar-refractivity contribution in [2.24, 2.45) is 0 Å². The first-order chi connectivity index (χ1) is 4.95. The Morgan fingerprint density at radius 2 is 1.00 bits per heavy atom. The number of rotatable bonds is 4. The van der Waals surface area contributed by atoms with E-state index in [-0.39, 0.29) is 49.8 Å². The van der Waals surface area contributed by atoms with Gasteiger partial charge in [-0.05, 0) is 27.7 Å². The van der Waals surface area contributed by atoms with E-state index in [4.69, 9.17) is 0 Å². The van der Waals surface area contributed by atoms with Gasteiger partial charge in [-0.2, -0.15) is 0 Å². The first-order valence-corrected chi connectivity index (χ1v) is 9.16. The Balaban J connectivity index is -0.000000500. The molecule has 0 aliphatic carbocycles. The Morgan fingerprint density at radius 3 is 1.15 bits per heavy atom. The highest BCUT2D eigenvalue weighted by Crippen LogP contribution is 2.51. The molecule has 0 rings (SSSR count). The summed E-state index contributed by atoms with van der Waals surface area (Å²) in [6.07, 6.45) is 0. The molecule has 0 aromatic rings. The van der Waals surface area contributed by atoms with Crippen LogP contribution in [-0.4, -0.2) is 30.6 Å². The molecule has 84 valence electrons. The normalized spacial score (nSPS) is 14.8. The van der Waals surface area contributed by atoms with Gasteiger partial charge in [0.15, 0.2) is 5.90 Å². The van der Waals surface area contributed by atoms with E-state index in [0.29, 0.717) is 0 Å². The standard InChI is InChI=1S/C9H22P2.2BrH/c1-8(2)10(5)7-11(6)9(3)4;;/h8-9H,7H2,1-6H3;2*1H. The molecule has 0 heterocycles. The Bertz CT molecular complexity index is 95.8. The molecule has 0 aromatic heterocycles. The van der Waals surface area contributed by atoms with Crippen LogP contribution in [0.15, 0.2) is 0 Å². The van der Waals surface area contributed by atoms with Gasteiger partial charge in [0.2, 0.25) is 0 Å². The Labute approximate surface area is 108 Å². The number of hydrogen-bond donors (Lipinski definition) is 0. The van der Waals surface area contributed by atoms with Crippen LogP contribution in [0.25, 0.3) is 0 Å². The van der Waals surface area contributed by atoms with E-state index >= 15 is 0 Å². The Morgan fingerprint density at radius 1 is 0.769 bits per heavy atom. The van der Waals surface area contributed by atoms with E-state index in [2.05, 4.69) is 41.0 Å². The van der Waals surface area contributed by atoms with E-state index in [1.807, 2.05) is 0 Å². The highest BCUT2D eigenvalue weighted by atomic mass is 79.9. The van der Waals surface area contributed by atoms with Crippen LogP contribution in [0.2, 0.25) is 0 Å². The molecule has 0 aliphatic heterocycles. The monoisotopic (exact) mass is 352 g/mol. The third-order valence-electron chi connectivity index (χ3n) is 2.53. The van der Waals surface area contributed by atoms with Gasteiger partial charge in [-0.15, -0.1) is 0 Å². The van der Waals surface area contributed by atoms with E-state index < -0.39 is 0 Å². The average molecular weight is 354 g/mol. The molecule has 2 unspecified atom stereocenters. The summed E-state index contributed by atoms with van der Waals surface area (Å²) in [6, 6.07) is 0. The van der Waals surface area contributed by atoms with E-state index in [9.17, 15) is 0 Å². The van der Waals surface area contributed by atoms with Crippen molar-refractivity contribution in [3.8, 4) is 0 Å². The van der Waals surface area contributed by atoms with Crippen LogP contribution in [0.5, 0.6) is 0 Å². The van der Waals surface area contributed by atoms with Gasteiger partial charge in [-0.25, -0.2) is 0 Å². The molecule has 0 N–H and O–H groups in total. The molecule has 4 heteroatoms. The van der Waals surface area contributed by atoms with Crippen molar-refractivity contribution in [3.63, 3.8) is 0 Å². The lowest BCUT2D eigenvalue weighted by molar-refractivity contribution is -0.001000. The Kier molecular flexibility index (Phi) is 16.1. The zero-order valence-electron chi connectivity index (χ0n) is 9.62. The molecule has 0 bridgehead atoms. The van der Waals surface area contributed by atoms with Gasteiger partial charge in [0, 0.05) is 15.8 Å². The summed E-state index contributed by atoms with van der Waals surface area (Å²) in [4.78, 5) is 0. The van der Waals surface area contributed by atoms with Gasteiger partial charge >= 0.3 is 0 Å². The fraction of sp³-hybridized carbons (Fsp3) is 1.00. The maximum atomic E-state index is 2.49. The minimum absolute atomic E-state index is 0. The maximum absolute atomic E-state index is 2.49. The predicted octanol–water partition coefficient (Wildman–Crippen LogP) is -2.54. The van der Waals surface area contributed by atoms with Crippen molar-refractivity contribution < 1.29 is 34.0 Å². The second-order valence-electron chi connectivity index (χ2n) is 4.18. The lowest BCUT2D eigenvalue weighted by atomic mass is 10.6. The lowest BCUT2D eigenvalue weighted by Gasteiger charge is -2.12. The van der Waals surface area contributed by atoms with Crippen LogP contribution >= 0.6 is 15.8 Å². The first kappa shape index (κ1) is 20.3. The van der Waals surface area contributed by atoms with Gasteiger partial charge in [0.1, 0.15) is 0 Å². The Hall–Kier alpha value is 1.82. The molecule has 13 heavy (non-hydrogen) atoms. The highest BCUT2D eigenvalue weighted by Gasteiger charge is 2.24. The minimum Gasteiger partial charge on any atom is -1.00 e. The minimum atomic E-state index is -0.00516. The molecule has 0 radical (unpaired) electrons. The predicted molar refractivity (Wildman–Crippen MR) is 63.6 cm³/mol. The molecule has 0 saturated carbocycles. The quantitative estimate of drug-likeness (QED) is 0.488. The van der Waals surface area contributed by atoms with Crippen molar-refractivity contribution in [2.75, 3.05) is 19.2 Å². The van der Waals surface area contributed by atoms with Crippen LogP contribution in [0.1, 0.15) is 27.7 Å². The smallest absolute Gasteiger partial charge is 0.155 e. The van der Waals surface area contributed by atoms with Gasteiger partial charge in [0.05, 0.1) is 24.6 Å². The van der Waals surface area contributed by atoms with Crippen LogP contribution in [-0.2, 0) is 0 Å². The summed E-state index contributed by atoms with van der Waals surface area (Å²) in [5.74, 6) is 1.59. The molecular weight excluding hydrogens is 330 g/mol. The van der Waals surface area contributed by atoms with Gasteiger partial charge in [0.25, 0.3) is 0 Å². The summed E-state index contributed by atoms with van der Waals surface area (Å²) in [5.41, 5.74) is 1.94. The van der Waals surface area contributed by atoms with E-state index in [1.54, 1.807) is 5.90 Å². The summed E-state index contributed by atoms with van der Waals surface area (Å²) >= 11 is 0. The van der Waals surface area contributed by atoms with Crippen molar-refractivity contribution in [1.29, 1.82) is 0 Å². The van der Waals surface area contributed by atoms with Crippen molar-refractivity contribution in [1.82, 2.24) is 0 Å². The molecule has 0 aromatic carbocycles. The molecule has 2 atom stereocenters. The van der Waals surface area contributed by atoms with Crippen molar-refractivity contribution in [3.05, 3.63) is 0 Å². The van der Waals surface area contributed by atoms with Crippen molar-refractivity contribution in [2.45, 2.75) is 39.0 Å². The second kappa shape index (κ2) is 10.3. The number of halogens is 2. The van der Waals surface area contributed by atoms with Crippen LogP contribution in [0.3, 0.4) is 0 Å². The summed E-state index contributed by atoms with van der Waals surface area (Å²) in [6.45, 7) is 14.5. The molecule has 0 spiro atoms. The summed E-state index contributed by atoms with van der Waals surface area (Å²) in [5, 5.41) is 0. The topological polar surface area (TPSA) is 0 Å². The molecule has 0 amide bonds.